The number of hydrogen-bond acceptors (Lipinski definition) is 4. The van der Waals surface area contributed by atoms with Crippen molar-refractivity contribution >= 4 is 29.9 Å². The first kappa shape index (κ1) is 25.4. The maximum absolute atomic E-state index is 10.8. The van der Waals surface area contributed by atoms with E-state index in [4.69, 9.17) is 0 Å². The van der Waals surface area contributed by atoms with E-state index in [2.05, 4.69) is 32.5 Å². The van der Waals surface area contributed by atoms with Crippen molar-refractivity contribution in [1.29, 1.82) is 0 Å². The van der Waals surface area contributed by atoms with Crippen LogP contribution < -0.4 is 10.6 Å². The third-order valence-corrected chi connectivity index (χ3v) is 6.44. The number of aromatic nitrogens is 2. The predicted octanol–water partition coefficient (Wildman–Crippen LogP) is 2.85. The van der Waals surface area contributed by atoms with E-state index in [9.17, 15) is 5.11 Å². The molecule has 1 saturated carbocycles. The molecule has 30 heavy (non-hydrogen) atoms. The van der Waals surface area contributed by atoms with Crippen LogP contribution in [0.5, 0.6) is 0 Å². The molecule has 2 aliphatic rings. The lowest BCUT2D eigenvalue weighted by Crippen LogP contribution is -2.46. The second kappa shape index (κ2) is 12.2. The lowest BCUT2D eigenvalue weighted by Gasteiger charge is -2.31. The van der Waals surface area contributed by atoms with Gasteiger partial charge in [-0.05, 0) is 52.0 Å². The molecule has 1 aliphatic carbocycles. The van der Waals surface area contributed by atoms with Crippen LogP contribution in [0.25, 0.3) is 0 Å². The van der Waals surface area contributed by atoms with Crippen LogP contribution in [0.1, 0.15) is 64.4 Å². The molecule has 1 aliphatic heterocycles. The van der Waals surface area contributed by atoms with Gasteiger partial charge in [-0.3, -0.25) is 9.58 Å². The second-order valence-electron chi connectivity index (χ2n) is 9.05. The van der Waals surface area contributed by atoms with Crippen molar-refractivity contribution < 1.29 is 5.11 Å². The first-order valence-electron chi connectivity index (χ1n) is 11.5. The van der Waals surface area contributed by atoms with Gasteiger partial charge in [0.1, 0.15) is 5.60 Å². The van der Waals surface area contributed by atoms with Crippen molar-refractivity contribution in [2.75, 3.05) is 32.7 Å². The van der Waals surface area contributed by atoms with Gasteiger partial charge in [0.15, 0.2) is 5.96 Å². The number of halogens is 1. The van der Waals surface area contributed by atoms with Gasteiger partial charge in [0.25, 0.3) is 0 Å². The fourth-order valence-corrected chi connectivity index (χ4v) is 4.65. The van der Waals surface area contributed by atoms with Crippen LogP contribution in [0, 0.1) is 5.92 Å². The summed E-state index contributed by atoms with van der Waals surface area (Å²) in [6, 6.07) is 0.583. The first-order valence-corrected chi connectivity index (χ1v) is 11.5. The van der Waals surface area contributed by atoms with E-state index in [0.29, 0.717) is 12.6 Å². The van der Waals surface area contributed by atoms with Gasteiger partial charge in [-0.15, -0.1) is 24.0 Å². The number of rotatable bonds is 8. The number of likely N-dealkylation sites (tertiary alicyclic amines) is 1. The molecule has 8 heteroatoms. The minimum absolute atomic E-state index is 0. The van der Waals surface area contributed by atoms with Crippen molar-refractivity contribution in [1.82, 2.24) is 25.3 Å². The number of nitrogens with one attached hydrogen (secondary N) is 2. The summed E-state index contributed by atoms with van der Waals surface area (Å²) in [7, 11) is 1.86. The molecule has 2 unspecified atom stereocenters. The molecule has 3 N–H and O–H groups in total. The van der Waals surface area contributed by atoms with Gasteiger partial charge >= 0.3 is 0 Å². The molecule has 0 amide bonds. The van der Waals surface area contributed by atoms with Gasteiger partial charge in [0.05, 0.1) is 12.7 Å². The molecule has 0 spiro atoms. The Hall–Kier alpha value is -0.870. The summed E-state index contributed by atoms with van der Waals surface area (Å²) >= 11 is 0. The first-order chi connectivity index (χ1) is 14.0. The fourth-order valence-electron chi connectivity index (χ4n) is 4.65. The third kappa shape index (κ3) is 7.37. The maximum atomic E-state index is 10.8. The zero-order valence-electron chi connectivity index (χ0n) is 18.9. The van der Waals surface area contributed by atoms with Crippen LogP contribution >= 0.6 is 24.0 Å². The molecule has 0 radical (unpaired) electrons. The number of hydrogen-bond donors (Lipinski definition) is 3. The standard InChI is InChI=1S/C22H40N6O.HI/c1-4-23-21(25-17-22(2,29)19-13-26-27(3)16-19)24-14-20-11-8-12-28(20)15-18-9-6-5-7-10-18;/h13,16,18,20,29H,4-12,14-15,17H2,1-3H3,(H2,23,24,25);1H. The molecular formula is C22H41IN6O. The summed E-state index contributed by atoms with van der Waals surface area (Å²) in [5.41, 5.74) is -0.245. The minimum Gasteiger partial charge on any atom is -0.383 e. The maximum Gasteiger partial charge on any atom is 0.191 e. The average Bonchev–Trinajstić information content (AvgIpc) is 3.34. The lowest BCUT2D eigenvalue weighted by atomic mass is 9.89. The van der Waals surface area contributed by atoms with Gasteiger partial charge < -0.3 is 15.7 Å². The molecule has 0 aromatic carbocycles. The van der Waals surface area contributed by atoms with E-state index in [1.54, 1.807) is 17.8 Å². The highest BCUT2D eigenvalue weighted by Gasteiger charge is 2.28. The number of aliphatic imine (C=N–C) groups is 1. The Balaban J connectivity index is 0.00000320. The molecule has 0 bridgehead atoms. The van der Waals surface area contributed by atoms with Gasteiger partial charge in [-0.2, -0.15) is 5.10 Å². The summed E-state index contributed by atoms with van der Waals surface area (Å²) < 4.78 is 1.71. The highest BCUT2D eigenvalue weighted by Crippen LogP contribution is 2.27. The Morgan fingerprint density at radius 3 is 2.67 bits per heavy atom. The van der Waals surface area contributed by atoms with Gasteiger partial charge in [0, 0.05) is 44.5 Å². The largest absolute Gasteiger partial charge is 0.383 e. The van der Waals surface area contributed by atoms with Crippen LogP contribution in [0.3, 0.4) is 0 Å². The molecular weight excluding hydrogens is 491 g/mol. The van der Waals surface area contributed by atoms with Gasteiger partial charge in [-0.1, -0.05) is 19.3 Å². The van der Waals surface area contributed by atoms with Crippen LogP contribution in [0.4, 0.5) is 0 Å². The number of nitrogens with zero attached hydrogens (tertiary/aromatic N) is 4. The highest BCUT2D eigenvalue weighted by molar-refractivity contribution is 14.0. The molecule has 2 heterocycles. The number of aliphatic hydroxyl groups is 1. The van der Waals surface area contributed by atoms with Crippen LogP contribution in [0.15, 0.2) is 17.4 Å². The van der Waals surface area contributed by atoms with E-state index >= 15 is 0 Å². The Bertz CT molecular complexity index is 656. The van der Waals surface area contributed by atoms with E-state index in [1.165, 1.54) is 58.0 Å². The molecule has 2 fully saturated rings. The molecule has 2 atom stereocenters. The summed E-state index contributed by atoms with van der Waals surface area (Å²) in [4.78, 5) is 7.35. The normalized spacial score (nSPS) is 23.1. The Labute approximate surface area is 199 Å². The van der Waals surface area contributed by atoms with E-state index in [1.807, 2.05) is 13.2 Å². The van der Waals surface area contributed by atoms with Gasteiger partial charge in [0.2, 0.25) is 0 Å². The monoisotopic (exact) mass is 532 g/mol. The quantitative estimate of drug-likeness (QED) is 0.273. The van der Waals surface area contributed by atoms with E-state index in [-0.39, 0.29) is 24.0 Å². The smallest absolute Gasteiger partial charge is 0.191 e. The number of aryl methyl sites for hydroxylation is 1. The summed E-state index contributed by atoms with van der Waals surface area (Å²) in [6.07, 6.45) is 13.2. The van der Waals surface area contributed by atoms with Crippen molar-refractivity contribution in [2.45, 2.75) is 70.4 Å². The van der Waals surface area contributed by atoms with Crippen LogP contribution in [-0.2, 0) is 12.6 Å². The van der Waals surface area contributed by atoms with Crippen molar-refractivity contribution in [3.63, 3.8) is 0 Å². The van der Waals surface area contributed by atoms with Crippen molar-refractivity contribution in [2.24, 2.45) is 18.0 Å². The Morgan fingerprint density at radius 2 is 2.00 bits per heavy atom. The molecule has 1 saturated heterocycles. The Morgan fingerprint density at radius 1 is 1.23 bits per heavy atom. The van der Waals surface area contributed by atoms with E-state index < -0.39 is 5.60 Å². The average molecular weight is 533 g/mol. The summed E-state index contributed by atoms with van der Waals surface area (Å²) in [5.74, 6) is 1.67. The van der Waals surface area contributed by atoms with Crippen LogP contribution in [-0.4, -0.2) is 64.5 Å². The zero-order chi connectivity index (χ0) is 20.7. The lowest BCUT2D eigenvalue weighted by molar-refractivity contribution is 0.0671. The van der Waals surface area contributed by atoms with Gasteiger partial charge in [-0.25, -0.2) is 4.99 Å². The summed E-state index contributed by atoms with van der Waals surface area (Å²) in [6.45, 7) is 8.36. The van der Waals surface area contributed by atoms with Crippen LogP contribution in [0.2, 0.25) is 0 Å². The third-order valence-electron chi connectivity index (χ3n) is 6.44. The summed E-state index contributed by atoms with van der Waals surface area (Å²) in [5, 5.41) is 21.8. The van der Waals surface area contributed by atoms with Crippen molar-refractivity contribution in [3.05, 3.63) is 18.0 Å². The molecule has 7 nitrogen and oxygen atoms in total. The second-order valence-corrected chi connectivity index (χ2v) is 9.05. The zero-order valence-corrected chi connectivity index (χ0v) is 21.3. The van der Waals surface area contributed by atoms with Crippen molar-refractivity contribution in [3.8, 4) is 0 Å². The minimum atomic E-state index is -1.03. The van der Waals surface area contributed by atoms with E-state index in [0.717, 1.165) is 30.5 Å². The fraction of sp³-hybridized carbons (Fsp3) is 0.818. The number of guanidine groups is 1. The highest BCUT2D eigenvalue weighted by atomic mass is 127. The molecule has 1 aromatic rings. The predicted molar refractivity (Wildman–Crippen MR) is 133 cm³/mol. The molecule has 172 valence electrons. The molecule has 1 aromatic heterocycles. The Kier molecular flexibility index (Phi) is 10.4. The molecule has 3 rings (SSSR count). The SMILES string of the molecule is CCNC(=NCC(C)(O)c1cnn(C)c1)NCC1CCCN1CC1CCCCC1.I. The topological polar surface area (TPSA) is 77.7 Å².